The minimum atomic E-state index is -3.68. The lowest BCUT2D eigenvalue weighted by molar-refractivity contribution is -0.380. The highest BCUT2D eigenvalue weighted by atomic mass is 32.2. The van der Waals surface area contributed by atoms with Gasteiger partial charge in [0, 0.05) is 5.69 Å². The fraction of sp³-hybridized carbons (Fsp3) is 0.292. The maximum absolute atomic E-state index is 12.7. The normalized spacial score (nSPS) is 14.7. The van der Waals surface area contributed by atoms with Crippen molar-refractivity contribution in [2.45, 2.75) is 37.0 Å². The number of nitrogens with zero attached hydrogens (tertiary/aromatic N) is 2. The van der Waals surface area contributed by atoms with Gasteiger partial charge in [-0.2, -0.15) is 0 Å². The highest BCUT2D eigenvalue weighted by Gasteiger charge is 2.21. The summed E-state index contributed by atoms with van der Waals surface area (Å²) in [4.78, 5) is 15.2. The number of anilines is 3. The molecule has 10 heteroatoms. The number of benzene rings is 2. The van der Waals surface area contributed by atoms with E-state index in [4.69, 9.17) is 4.74 Å². The number of sulfonamides is 1. The van der Waals surface area contributed by atoms with Crippen LogP contribution in [-0.2, 0) is 10.0 Å². The fourth-order valence-electron chi connectivity index (χ4n) is 4.14. The van der Waals surface area contributed by atoms with Gasteiger partial charge in [0.2, 0.25) is 0 Å². The third-order valence-corrected chi connectivity index (χ3v) is 7.33. The van der Waals surface area contributed by atoms with E-state index >= 15 is 0 Å². The molecule has 176 valence electrons. The zero-order valence-corrected chi connectivity index (χ0v) is 19.4. The number of para-hydroxylation sites is 1. The first-order valence-electron chi connectivity index (χ1n) is 11.4. The SMILES string of the molecule is O=S(=O)(Nc1ccccc1)c1ccc(Nc2nc3nc[nH]c3c(OCC3CCCCC3)[nH+]2)cc1. The summed E-state index contributed by atoms with van der Waals surface area (Å²) >= 11 is 0. The Kier molecular flexibility index (Phi) is 6.31. The molecule has 1 fully saturated rings. The van der Waals surface area contributed by atoms with Crippen LogP contribution in [0, 0.1) is 5.92 Å². The summed E-state index contributed by atoms with van der Waals surface area (Å²) in [6, 6.07) is 15.2. The molecule has 2 heterocycles. The van der Waals surface area contributed by atoms with E-state index in [1.165, 1.54) is 32.1 Å². The van der Waals surface area contributed by atoms with Gasteiger partial charge in [-0.1, -0.05) is 37.5 Å². The summed E-state index contributed by atoms with van der Waals surface area (Å²) < 4.78 is 34.0. The van der Waals surface area contributed by atoms with Crippen molar-refractivity contribution in [1.29, 1.82) is 0 Å². The quantitative estimate of drug-likeness (QED) is 0.347. The average Bonchev–Trinajstić information content (AvgIpc) is 3.33. The van der Waals surface area contributed by atoms with Crippen molar-refractivity contribution in [2.24, 2.45) is 5.92 Å². The van der Waals surface area contributed by atoms with Crippen molar-refractivity contribution in [3.05, 3.63) is 60.9 Å². The van der Waals surface area contributed by atoms with E-state index < -0.39 is 10.0 Å². The Labute approximate surface area is 198 Å². The smallest absolute Gasteiger partial charge is 0.399 e. The molecule has 0 atom stereocenters. The van der Waals surface area contributed by atoms with Crippen LogP contribution in [0.4, 0.5) is 17.3 Å². The Balaban J connectivity index is 1.31. The predicted octanol–water partition coefficient (Wildman–Crippen LogP) is 4.28. The van der Waals surface area contributed by atoms with Crippen molar-refractivity contribution in [1.82, 2.24) is 15.0 Å². The van der Waals surface area contributed by atoms with Crippen LogP contribution in [0.3, 0.4) is 0 Å². The number of H-pyrrole nitrogens is 2. The second kappa shape index (κ2) is 9.68. The van der Waals surface area contributed by atoms with Crippen molar-refractivity contribution in [2.75, 3.05) is 16.6 Å². The van der Waals surface area contributed by atoms with Crippen LogP contribution in [0.15, 0.2) is 65.8 Å². The van der Waals surface area contributed by atoms with Crippen molar-refractivity contribution in [3.63, 3.8) is 0 Å². The molecule has 1 aliphatic rings. The number of hydrogen-bond acceptors (Lipinski definition) is 6. The summed E-state index contributed by atoms with van der Waals surface area (Å²) in [5.41, 5.74) is 2.44. The number of ether oxygens (including phenoxy) is 1. The lowest BCUT2D eigenvalue weighted by atomic mass is 9.90. The van der Waals surface area contributed by atoms with Gasteiger partial charge in [0.15, 0.2) is 5.52 Å². The summed E-state index contributed by atoms with van der Waals surface area (Å²) in [5, 5.41) is 3.18. The molecule has 0 saturated heterocycles. The van der Waals surface area contributed by atoms with Crippen molar-refractivity contribution >= 4 is 38.5 Å². The van der Waals surface area contributed by atoms with Crippen LogP contribution in [0.25, 0.3) is 11.2 Å². The minimum absolute atomic E-state index is 0.165. The lowest BCUT2D eigenvalue weighted by Gasteiger charge is -2.21. The minimum Gasteiger partial charge on any atom is -0.466 e. The number of fused-ring (bicyclic) bond motifs is 1. The first-order valence-corrected chi connectivity index (χ1v) is 12.9. The van der Waals surface area contributed by atoms with E-state index in [-0.39, 0.29) is 4.90 Å². The Morgan fingerprint density at radius 1 is 1.00 bits per heavy atom. The van der Waals surface area contributed by atoms with Gasteiger partial charge in [-0.25, -0.2) is 23.7 Å². The number of aromatic amines is 2. The van der Waals surface area contributed by atoms with Crippen LogP contribution in [0.5, 0.6) is 5.88 Å². The summed E-state index contributed by atoms with van der Waals surface area (Å²) in [5.74, 6) is 1.60. The van der Waals surface area contributed by atoms with E-state index in [1.807, 2.05) is 6.07 Å². The highest BCUT2D eigenvalue weighted by molar-refractivity contribution is 7.92. The first-order chi connectivity index (χ1) is 16.6. The molecule has 0 aliphatic heterocycles. The molecule has 0 amide bonds. The Morgan fingerprint density at radius 2 is 1.76 bits per heavy atom. The third-order valence-electron chi connectivity index (χ3n) is 5.94. The third kappa shape index (κ3) is 5.12. The molecule has 5 rings (SSSR count). The summed E-state index contributed by atoms with van der Waals surface area (Å²) in [7, 11) is -3.68. The van der Waals surface area contributed by atoms with E-state index in [1.54, 1.807) is 54.9 Å². The number of imidazole rings is 1. The fourth-order valence-corrected chi connectivity index (χ4v) is 5.20. The van der Waals surface area contributed by atoms with E-state index in [0.29, 0.717) is 41.4 Å². The van der Waals surface area contributed by atoms with Crippen LogP contribution in [0.1, 0.15) is 32.1 Å². The molecule has 0 spiro atoms. The lowest BCUT2D eigenvalue weighted by Crippen LogP contribution is -2.21. The van der Waals surface area contributed by atoms with Gasteiger partial charge < -0.3 is 9.72 Å². The molecular formula is C24H27N6O3S+. The Morgan fingerprint density at radius 3 is 2.53 bits per heavy atom. The number of nitrogens with one attached hydrogen (secondary N) is 4. The largest absolute Gasteiger partial charge is 0.466 e. The molecule has 4 N–H and O–H groups in total. The van der Waals surface area contributed by atoms with Crippen molar-refractivity contribution < 1.29 is 18.1 Å². The molecule has 2 aromatic heterocycles. The molecule has 0 bridgehead atoms. The highest BCUT2D eigenvalue weighted by Crippen LogP contribution is 2.26. The van der Waals surface area contributed by atoms with Gasteiger partial charge >= 0.3 is 5.95 Å². The number of hydrogen-bond donors (Lipinski definition) is 3. The van der Waals surface area contributed by atoms with E-state index in [9.17, 15) is 8.42 Å². The maximum atomic E-state index is 12.7. The zero-order chi connectivity index (χ0) is 23.4. The van der Waals surface area contributed by atoms with E-state index in [0.717, 1.165) is 5.52 Å². The molecule has 9 nitrogen and oxygen atoms in total. The van der Waals surface area contributed by atoms with Gasteiger partial charge in [0.05, 0.1) is 23.5 Å². The Hall–Kier alpha value is -3.66. The molecule has 0 radical (unpaired) electrons. The molecule has 34 heavy (non-hydrogen) atoms. The van der Waals surface area contributed by atoms with Crippen LogP contribution in [0.2, 0.25) is 0 Å². The molecular weight excluding hydrogens is 452 g/mol. The molecule has 0 unspecified atom stereocenters. The monoisotopic (exact) mass is 479 g/mol. The second-order valence-corrected chi connectivity index (χ2v) is 10.1. The second-order valence-electron chi connectivity index (χ2n) is 8.45. The Bertz CT molecular complexity index is 1350. The van der Waals surface area contributed by atoms with E-state index in [2.05, 4.69) is 30.0 Å². The van der Waals surface area contributed by atoms with Gasteiger partial charge in [0.25, 0.3) is 21.6 Å². The molecule has 1 aliphatic carbocycles. The average molecular weight is 480 g/mol. The van der Waals surface area contributed by atoms with Gasteiger partial charge in [0.1, 0.15) is 0 Å². The van der Waals surface area contributed by atoms with Gasteiger partial charge in [-0.15, -0.1) is 0 Å². The maximum Gasteiger partial charge on any atom is 0.399 e. The van der Waals surface area contributed by atoms with Crippen molar-refractivity contribution in [3.8, 4) is 5.88 Å². The standard InChI is InChI=1S/C24H26N6O3S/c31-34(32,30-19-9-5-2-6-10-19)20-13-11-18(12-14-20)27-24-28-22-21(25-16-26-22)23(29-24)33-15-17-7-3-1-4-8-17/h2,5-6,9-14,16-17,30H,1,3-4,7-8,15H2,(H2,25,26,27,28,29)/p+1. The summed E-state index contributed by atoms with van der Waals surface area (Å²) in [6.07, 6.45) is 7.79. The van der Waals surface area contributed by atoms with Crippen LogP contribution < -0.4 is 19.8 Å². The predicted molar refractivity (Wildman–Crippen MR) is 129 cm³/mol. The molecule has 1 saturated carbocycles. The van der Waals surface area contributed by atoms with Gasteiger partial charge in [-0.3, -0.25) is 4.72 Å². The first kappa shape index (κ1) is 22.1. The zero-order valence-electron chi connectivity index (χ0n) is 18.6. The molecule has 4 aromatic rings. The van der Waals surface area contributed by atoms with Crippen LogP contribution >= 0.6 is 0 Å². The molecule has 2 aromatic carbocycles. The number of rotatable bonds is 8. The summed E-state index contributed by atoms with van der Waals surface area (Å²) in [6.45, 7) is 0.648. The number of aromatic nitrogens is 4. The van der Waals surface area contributed by atoms with Crippen LogP contribution in [-0.4, -0.2) is 30.0 Å². The topological polar surface area (TPSA) is 123 Å². The van der Waals surface area contributed by atoms with Gasteiger partial charge in [-0.05, 0) is 60.1 Å².